The number of hydrogen-bond donors (Lipinski definition) is 1. The fraction of sp³-hybridized carbons (Fsp3) is 0.0250. The van der Waals surface area contributed by atoms with Crippen LogP contribution in [0, 0.1) is 11.3 Å². The lowest BCUT2D eigenvalue weighted by atomic mass is 9.96. The Morgan fingerprint density at radius 2 is 1.15 bits per heavy atom. The van der Waals surface area contributed by atoms with E-state index in [9.17, 15) is 20.0 Å². The summed E-state index contributed by atoms with van der Waals surface area (Å²) in [6.45, 7) is 0. The number of nitrogens with zero attached hydrogens (tertiary/aromatic N) is 3. The Kier molecular flexibility index (Phi) is 13.0. The third-order valence-electron chi connectivity index (χ3n) is 7.95. The average Bonchev–Trinajstić information content (AvgIpc) is 3.89. The largest absolute Gasteiger partial charge is 0.478 e. The maximum Gasteiger partial charge on any atom is 0.339 e. The van der Waals surface area contributed by atoms with Gasteiger partial charge in [-0.3, -0.25) is 0 Å². The summed E-state index contributed by atoms with van der Waals surface area (Å²) in [4.78, 5) is 33.0. The number of carboxylic acid groups (broad SMARTS) is 1. The molecule has 0 amide bonds. The van der Waals surface area contributed by atoms with E-state index in [0.29, 0.717) is 56.8 Å². The van der Waals surface area contributed by atoms with Crippen LogP contribution in [0.15, 0.2) is 106 Å². The van der Waals surface area contributed by atoms with Crippen LogP contribution in [0.1, 0.15) is 26.3 Å². The summed E-state index contributed by atoms with van der Waals surface area (Å²) >= 11 is 36.3. The van der Waals surface area contributed by atoms with Gasteiger partial charge in [-0.05, 0) is 81.7 Å². The molecule has 0 spiro atoms. The SMILES string of the molecule is COC(=O)c1cc(-c2nc(-c3ccc(Cl)c(Cl)c3)cs2)ccc1Br.N#Cc1cc(-c2ccc(-c3nc(-c4ccc(Cl)c(Cl)c4)cs3)cc2C(=O)O)ccc1Cl. The molecule has 0 radical (unpaired) electrons. The van der Waals surface area contributed by atoms with Crippen LogP contribution in [0.5, 0.6) is 0 Å². The first kappa shape index (κ1) is 40.4. The molecule has 1 N–H and O–H groups in total. The number of carbonyl (C=O) groups excluding carboxylic acids is 1. The standard InChI is InChI=1S/C23H11Cl3N2O2S.C17H10BrCl2NO2S/c24-18-5-2-12(7-15(18)10-27)16-4-1-14(8-17(16)23(29)30)22-28-21(11-31-22)13-3-6-19(25)20(26)9-13;1-23-17(22)11-6-10(2-4-12(11)18)16-21-15(8-24-16)9-3-5-13(19)14(20)7-9/h1-9,11H,(H,29,30);2-8H,1H3. The monoisotopic (exact) mass is 925 g/mol. The smallest absolute Gasteiger partial charge is 0.339 e. The van der Waals surface area contributed by atoms with Gasteiger partial charge < -0.3 is 9.84 Å². The van der Waals surface area contributed by atoms with Crippen molar-refractivity contribution < 1.29 is 19.4 Å². The number of carboxylic acids is 1. The molecule has 0 fully saturated rings. The van der Waals surface area contributed by atoms with Gasteiger partial charge in [-0.1, -0.05) is 94.4 Å². The highest BCUT2D eigenvalue weighted by Crippen LogP contribution is 2.36. The number of carbonyl (C=O) groups is 2. The van der Waals surface area contributed by atoms with Gasteiger partial charge in [0.1, 0.15) is 16.1 Å². The Labute approximate surface area is 356 Å². The lowest BCUT2D eigenvalue weighted by Gasteiger charge is -2.09. The van der Waals surface area contributed by atoms with Crippen molar-refractivity contribution in [3.63, 3.8) is 0 Å². The summed E-state index contributed by atoms with van der Waals surface area (Å²) in [6, 6.07) is 28.1. The maximum absolute atomic E-state index is 12.0. The van der Waals surface area contributed by atoms with Crippen LogP contribution in [-0.4, -0.2) is 34.1 Å². The summed E-state index contributed by atoms with van der Waals surface area (Å²) in [7, 11) is 1.35. The summed E-state index contributed by atoms with van der Waals surface area (Å²) in [6.07, 6.45) is 0. The molecule has 0 atom stereocenters. The Bertz CT molecular complexity index is 2660. The van der Waals surface area contributed by atoms with E-state index < -0.39 is 11.9 Å². The maximum atomic E-state index is 12.0. The molecule has 7 rings (SSSR count). The molecule has 0 bridgehead atoms. The van der Waals surface area contributed by atoms with E-state index >= 15 is 0 Å². The first-order valence-corrected chi connectivity index (χ1v) is 20.1. The quantitative estimate of drug-likeness (QED) is 0.158. The zero-order valence-corrected chi connectivity index (χ0v) is 34.9. The molecule has 7 nitrogen and oxygen atoms in total. The zero-order chi connectivity index (χ0) is 39.4. The first-order chi connectivity index (χ1) is 26.4. The van der Waals surface area contributed by atoms with Gasteiger partial charge in [0.05, 0.1) is 60.3 Å². The van der Waals surface area contributed by atoms with Crippen LogP contribution in [0.2, 0.25) is 25.1 Å². The molecule has 0 aliphatic rings. The number of aromatic nitrogens is 2. The molecule has 0 saturated heterocycles. The Balaban J connectivity index is 0.000000193. The third kappa shape index (κ3) is 9.24. The number of benzene rings is 5. The van der Waals surface area contributed by atoms with Crippen LogP contribution >= 0.6 is 96.6 Å². The van der Waals surface area contributed by atoms with Gasteiger partial charge in [0.2, 0.25) is 0 Å². The van der Waals surface area contributed by atoms with Gasteiger partial charge in [-0.15, -0.1) is 22.7 Å². The summed E-state index contributed by atoms with van der Waals surface area (Å²) in [5, 5.41) is 26.5. The Morgan fingerprint density at radius 3 is 1.65 bits per heavy atom. The third-order valence-corrected chi connectivity index (χ3v) is 12.2. The topological polar surface area (TPSA) is 113 Å². The van der Waals surface area contributed by atoms with Crippen LogP contribution in [0.4, 0.5) is 0 Å². The Morgan fingerprint density at radius 1 is 0.655 bits per heavy atom. The number of rotatable bonds is 7. The molecule has 15 heteroatoms. The van der Waals surface area contributed by atoms with Crippen molar-refractivity contribution >= 4 is 109 Å². The number of aromatic carboxylic acids is 1. The van der Waals surface area contributed by atoms with Crippen LogP contribution in [-0.2, 0) is 4.74 Å². The Hall–Kier alpha value is -4.28. The van der Waals surface area contributed by atoms with Gasteiger partial charge >= 0.3 is 11.9 Å². The van der Waals surface area contributed by atoms with Crippen molar-refractivity contribution in [1.29, 1.82) is 5.26 Å². The summed E-state index contributed by atoms with van der Waals surface area (Å²) in [5.41, 5.74) is 6.68. The second-order valence-electron chi connectivity index (χ2n) is 11.4. The van der Waals surface area contributed by atoms with E-state index in [1.54, 1.807) is 66.7 Å². The minimum Gasteiger partial charge on any atom is -0.478 e. The molecule has 0 unspecified atom stereocenters. The highest BCUT2D eigenvalue weighted by atomic mass is 79.9. The van der Waals surface area contributed by atoms with Crippen LogP contribution < -0.4 is 0 Å². The van der Waals surface area contributed by atoms with Gasteiger partial charge in [0.25, 0.3) is 0 Å². The number of hydrogen-bond acceptors (Lipinski definition) is 8. The second kappa shape index (κ2) is 17.7. The van der Waals surface area contributed by atoms with Crippen molar-refractivity contribution in [1.82, 2.24) is 9.97 Å². The molecule has 5 aromatic carbocycles. The molecular weight excluding hydrogens is 908 g/mol. The summed E-state index contributed by atoms with van der Waals surface area (Å²) < 4.78 is 5.47. The fourth-order valence-electron chi connectivity index (χ4n) is 5.20. The number of ether oxygens (including phenoxy) is 1. The van der Waals surface area contributed by atoms with Crippen molar-refractivity contribution in [2.24, 2.45) is 0 Å². The molecule has 55 heavy (non-hydrogen) atoms. The number of methoxy groups -OCH3 is 1. The minimum atomic E-state index is -1.08. The molecule has 2 heterocycles. The predicted molar refractivity (Wildman–Crippen MR) is 227 cm³/mol. The summed E-state index contributed by atoms with van der Waals surface area (Å²) in [5.74, 6) is -1.48. The van der Waals surface area contributed by atoms with E-state index in [1.165, 1.54) is 29.8 Å². The highest BCUT2D eigenvalue weighted by molar-refractivity contribution is 9.10. The normalized spacial score (nSPS) is 10.7. The van der Waals surface area contributed by atoms with Crippen LogP contribution in [0.25, 0.3) is 54.8 Å². The zero-order valence-electron chi connectivity index (χ0n) is 27.9. The number of nitriles is 1. The average molecular weight is 929 g/mol. The van der Waals surface area contributed by atoms with Gasteiger partial charge in [0.15, 0.2) is 0 Å². The van der Waals surface area contributed by atoms with E-state index in [0.717, 1.165) is 33.1 Å². The van der Waals surface area contributed by atoms with Crippen molar-refractivity contribution in [3.8, 4) is 60.9 Å². The van der Waals surface area contributed by atoms with Gasteiger partial charge in [-0.25, -0.2) is 19.6 Å². The van der Waals surface area contributed by atoms with Crippen LogP contribution in [0.3, 0.4) is 0 Å². The molecule has 274 valence electrons. The molecular formula is C40H21BrCl5N3O4S2. The van der Waals surface area contributed by atoms with Gasteiger partial charge in [0, 0.05) is 37.5 Å². The van der Waals surface area contributed by atoms with E-state index in [1.807, 2.05) is 41.1 Å². The van der Waals surface area contributed by atoms with E-state index in [4.69, 9.17) is 62.7 Å². The number of thiazole rings is 2. The fourth-order valence-corrected chi connectivity index (χ4v) is 8.01. The van der Waals surface area contributed by atoms with E-state index in [2.05, 4.69) is 25.9 Å². The van der Waals surface area contributed by atoms with Crippen molar-refractivity contribution in [3.05, 3.63) is 148 Å². The first-order valence-electron chi connectivity index (χ1n) is 15.6. The molecule has 2 aromatic heterocycles. The molecule has 0 aliphatic heterocycles. The number of halogens is 6. The molecule has 7 aromatic rings. The minimum absolute atomic E-state index is 0.106. The lowest BCUT2D eigenvalue weighted by Crippen LogP contribution is -2.02. The lowest BCUT2D eigenvalue weighted by molar-refractivity contribution is 0.0598. The highest BCUT2D eigenvalue weighted by Gasteiger charge is 2.18. The predicted octanol–water partition coefficient (Wildman–Crippen LogP) is 14.0. The van der Waals surface area contributed by atoms with Crippen molar-refractivity contribution in [2.75, 3.05) is 7.11 Å². The molecule has 0 saturated carbocycles. The van der Waals surface area contributed by atoms with E-state index in [-0.39, 0.29) is 11.1 Å². The van der Waals surface area contributed by atoms with Crippen molar-refractivity contribution in [2.45, 2.75) is 0 Å². The second-order valence-corrected chi connectivity index (χ2v) is 16.0. The number of esters is 1. The molecule has 0 aliphatic carbocycles. The van der Waals surface area contributed by atoms with Gasteiger partial charge in [-0.2, -0.15) is 5.26 Å².